The van der Waals surface area contributed by atoms with Crippen molar-refractivity contribution >= 4 is 22.9 Å². The standard InChI is InChI=1S/C15H25ClN2S/c1-11-4-3-5-12(8-11)14(9-17)18(2)10-13-6-7-15(16)19-13/h6-7,11-12,14H,3-5,8-10,17H2,1-2H3. The fourth-order valence-electron chi connectivity index (χ4n) is 3.36. The summed E-state index contributed by atoms with van der Waals surface area (Å²) in [5.74, 6) is 1.62. The van der Waals surface area contributed by atoms with Crippen LogP contribution < -0.4 is 5.73 Å². The van der Waals surface area contributed by atoms with Gasteiger partial charge >= 0.3 is 0 Å². The molecule has 1 aliphatic carbocycles. The second kappa shape index (κ2) is 7.07. The average Bonchev–Trinajstić information content (AvgIpc) is 2.75. The Morgan fingerprint density at radius 1 is 1.47 bits per heavy atom. The van der Waals surface area contributed by atoms with Crippen molar-refractivity contribution in [2.45, 2.75) is 45.2 Å². The van der Waals surface area contributed by atoms with E-state index in [0.717, 1.165) is 29.3 Å². The van der Waals surface area contributed by atoms with Gasteiger partial charge in [0.2, 0.25) is 0 Å². The Morgan fingerprint density at radius 3 is 2.84 bits per heavy atom. The van der Waals surface area contributed by atoms with E-state index in [1.807, 2.05) is 6.07 Å². The van der Waals surface area contributed by atoms with Crippen molar-refractivity contribution in [1.29, 1.82) is 0 Å². The molecule has 0 amide bonds. The van der Waals surface area contributed by atoms with Crippen molar-refractivity contribution in [2.24, 2.45) is 17.6 Å². The molecule has 4 heteroatoms. The van der Waals surface area contributed by atoms with Crippen LogP contribution in [0.25, 0.3) is 0 Å². The van der Waals surface area contributed by atoms with E-state index in [-0.39, 0.29) is 0 Å². The molecule has 3 atom stereocenters. The minimum Gasteiger partial charge on any atom is -0.329 e. The number of nitrogens with two attached hydrogens (primary N) is 1. The summed E-state index contributed by atoms with van der Waals surface area (Å²) in [5.41, 5.74) is 6.04. The predicted octanol–water partition coefficient (Wildman–Crippen LogP) is 3.99. The number of hydrogen-bond acceptors (Lipinski definition) is 3. The number of halogens is 1. The van der Waals surface area contributed by atoms with Crippen LogP contribution in [0.2, 0.25) is 4.34 Å². The zero-order valence-electron chi connectivity index (χ0n) is 11.9. The van der Waals surface area contributed by atoms with Crippen molar-refractivity contribution in [2.75, 3.05) is 13.6 Å². The Balaban J connectivity index is 1.96. The molecule has 0 aromatic carbocycles. The molecule has 108 valence electrons. The Morgan fingerprint density at radius 2 is 2.26 bits per heavy atom. The van der Waals surface area contributed by atoms with E-state index in [9.17, 15) is 0 Å². The Hall–Kier alpha value is -0.0900. The number of likely N-dealkylation sites (N-methyl/N-ethyl adjacent to an activating group) is 1. The lowest BCUT2D eigenvalue weighted by molar-refractivity contribution is 0.126. The molecule has 0 saturated heterocycles. The lowest BCUT2D eigenvalue weighted by atomic mass is 9.78. The highest BCUT2D eigenvalue weighted by atomic mass is 35.5. The molecule has 3 unspecified atom stereocenters. The SMILES string of the molecule is CC1CCCC(C(CN)N(C)Cc2ccc(Cl)s2)C1. The molecule has 1 aromatic heterocycles. The van der Waals surface area contributed by atoms with Crippen LogP contribution in [0.5, 0.6) is 0 Å². The van der Waals surface area contributed by atoms with Gasteiger partial charge in [0, 0.05) is 24.0 Å². The molecule has 0 aliphatic heterocycles. The van der Waals surface area contributed by atoms with Crippen LogP contribution in [-0.2, 0) is 6.54 Å². The zero-order valence-corrected chi connectivity index (χ0v) is 13.5. The molecule has 0 radical (unpaired) electrons. The maximum absolute atomic E-state index is 6.04. The summed E-state index contributed by atoms with van der Waals surface area (Å²) in [7, 11) is 2.20. The summed E-state index contributed by atoms with van der Waals surface area (Å²) >= 11 is 7.67. The molecule has 2 rings (SSSR count). The predicted molar refractivity (Wildman–Crippen MR) is 84.8 cm³/mol. The largest absolute Gasteiger partial charge is 0.329 e. The fourth-order valence-corrected chi connectivity index (χ4v) is 4.51. The van der Waals surface area contributed by atoms with Gasteiger partial charge in [0.25, 0.3) is 0 Å². The van der Waals surface area contributed by atoms with Crippen LogP contribution in [-0.4, -0.2) is 24.5 Å². The number of rotatable bonds is 5. The topological polar surface area (TPSA) is 29.3 Å². The summed E-state index contributed by atoms with van der Waals surface area (Å²) < 4.78 is 0.874. The minimum atomic E-state index is 0.503. The van der Waals surface area contributed by atoms with E-state index in [0.29, 0.717) is 6.04 Å². The Labute approximate surface area is 125 Å². The highest BCUT2D eigenvalue weighted by Gasteiger charge is 2.28. The van der Waals surface area contributed by atoms with Crippen LogP contribution >= 0.6 is 22.9 Å². The molecule has 1 fully saturated rings. The maximum Gasteiger partial charge on any atom is 0.0931 e. The van der Waals surface area contributed by atoms with Crippen LogP contribution in [0.1, 0.15) is 37.5 Å². The van der Waals surface area contributed by atoms with Gasteiger partial charge in [-0.15, -0.1) is 11.3 Å². The molecule has 2 N–H and O–H groups in total. The van der Waals surface area contributed by atoms with Gasteiger partial charge in [-0.2, -0.15) is 0 Å². The lowest BCUT2D eigenvalue weighted by Gasteiger charge is -2.37. The third-order valence-electron chi connectivity index (χ3n) is 4.36. The van der Waals surface area contributed by atoms with E-state index < -0.39 is 0 Å². The summed E-state index contributed by atoms with van der Waals surface area (Å²) in [5, 5.41) is 0. The van der Waals surface area contributed by atoms with E-state index in [1.54, 1.807) is 11.3 Å². The molecule has 1 aromatic rings. The molecule has 1 saturated carbocycles. The maximum atomic E-state index is 6.04. The molecule has 0 spiro atoms. The molecule has 1 heterocycles. The van der Waals surface area contributed by atoms with Gasteiger partial charge in [-0.1, -0.05) is 31.4 Å². The molecule has 2 nitrogen and oxygen atoms in total. The van der Waals surface area contributed by atoms with Gasteiger partial charge in [-0.3, -0.25) is 4.90 Å². The number of hydrogen-bond donors (Lipinski definition) is 1. The first kappa shape index (κ1) is 15.3. The van der Waals surface area contributed by atoms with Gasteiger partial charge < -0.3 is 5.73 Å². The minimum absolute atomic E-state index is 0.503. The van der Waals surface area contributed by atoms with Crippen LogP contribution in [0.3, 0.4) is 0 Å². The first-order valence-electron chi connectivity index (χ1n) is 7.24. The summed E-state index contributed by atoms with van der Waals surface area (Å²) in [6.45, 7) is 4.09. The van der Waals surface area contributed by atoms with Gasteiger partial charge in [0.05, 0.1) is 4.34 Å². The first-order chi connectivity index (χ1) is 9.10. The highest BCUT2D eigenvalue weighted by molar-refractivity contribution is 7.16. The lowest BCUT2D eigenvalue weighted by Crippen LogP contribution is -2.44. The third kappa shape index (κ3) is 4.19. The summed E-state index contributed by atoms with van der Waals surface area (Å²) in [6, 6.07) is 4.61. The molecular weight excluding hydrogens is 276 g/mol. The van der Waals surface area contributed by atoms with E-state index >= 15 is 0 Å². The normalized spacial score (nSPS) is 25.7. The van der Waals surface area contributed by atoms with Crippen molar-refractivity contribution < 1.29 is 0 Å². The van der Waals surface area contributed by atoms with Crippen molar-refractivity contribution in [3.63, 3.8) is 0 Å². The fraction of sp³-hybridized carbons (Fsp3) is 0.733. The van der Waals surface area contributed by atoms with Crippen LogP contribution in [0.4, 0.5) is 0 Å². The monoisotopic (exact) mass is 300 g/mol. The third-order valence-corrected chi connectivity index (χ3v) is 5.58. The van der Waals surface area contributed by atoms with Crippen molar-refractivity contribution in [3.8, 4) is 0 Å². The van der Waals surface area contributed by atoms with E-state index in [4.69, 9.17) is 17.3 Å². The summed E-state index contributed by atoms with van der Waals surface area (Å²) in [6.07, 6.45) is 5.41. The Bertz CT molecular complexity index is 393. The second-order valence-electron chi connectivity index (χ2n) is 5.96. The average molecular weight is 301 g/mol. The highest BCUT2D eigenvalue weighted by Crippen LogP contribution is 2.33. The van der Waals surface area contributed by atoms with Gasteiger partial charge in [-0.05, 0) is 43.9 Å². The van der Waals surface area contributed by atoms with E-state index in [1.165, 1.54) is 30.6 Å². The second-order valence-corrected chi connectivity index (χ2v) is 7.76. The zero-order chi connectivity index (χ0) is 13.8. The van der Waals surface area contributed by atoms with Crippen molar-refractivity contribution in [1.82, 2.24) is 4.90 Å². The number of thiophene rings is 1. The number of nitrogens with zero attached hydrogens (tertiary/aromatic N) is 1. The molecule has 1 aliphatic rings. The quantitative estimate of drug-likeness (QED) is 0.891. The summed E-state index contributed by atoms with van der Waals surface area (Å²) in [4.78, 5) is 3.75. The van der Waals surface area contributed by atoms with Crippen LogP contribution in [0.15, 0.2) is 12.1 Å². The van der Waals surface area contributed by atoms with Gasteiger partial charge in [-0.25, -0.2) is 0 Å². The van der Waals surface area contributed by atoms with E-state index in [2.05, 4.69) is 24.9 Å². The smallest absolute Gasteiger partial charge is 0.0931 e. The molecular formula is C15H25ClN2S. The molecule has 19 heavy (non-hydrogen) atoms. The van der Waals surface area contributed by atoms with Crippen molar-refractivity contribution in [3.05, 3.63) is 21.3 Å². The molecule has 0 bridgehead atoms. The Kier molecular flexibility index (Phi) is 5.70. The van der Waals surface area contributed by atoms with Crippen LogP contribution in [0, 0.1) is 11.8 Å². The first-order valence-corrected chi connectivity index (χ1v) is 8.44. The van der Waals surface area contributed by atoms with Gasteiger partial charge in [0.1, 0.15) is 0 Å². The van der Waals surface area contributed by atoms with Gasteiger partial charge in [0.15, 0.2) is 0 Å².